The lowest BCUT2D eigenvalue weighted by Crippen LogP contribution is -2.26. The molecule has 1 unspecified atom stereocenters. The second kappa shape index (κ2) is 5.98. The molecule has 2 rings (SSSR count). The first kappa shape index (κ1) is 15.7. The predicted octanol–water partition coefficient (Wildman–Crippen LogP) is 3.96. The minimum Gasteiger partial charge on any atom is -0.389 e. The van der Waals surface area contributed by atoms with Crippen molar-refractivity contribution in [3.8, 4) is 0 Å². The van der Waals surface area contributed by atoms with E-state index in [4.69, 9.17) is 18.0 Å². The van der Waals surface area contributed by atoms with E-state index in [1.807, 2.05) is 30.3 Å². The van der Waals surface area contributed by atoms with Crippen LogP contribution in [-0.2, 0) is 0 Å². The third-order valence-electron chi connectivity index (χ3n) is 4.04. The molecule has 1 heterocycles. The number of hydrogen-bond acceptors (Lipinski definition) is 3. The van der Waals surface area contributed by atoms with Gasteiger partial charge in [0.25, 0.3) is 0 Å². The van der Waals surface area contributed by atoms with Gasteiger partial charge in [0.2, 0.25) is 0 Å². The Balaban J connectivity index is 2.33. The summed E-state index contributed by atoms with van der Waals surface area (Å²) in [5.41, 5.74) is 7.85. The summed E-state index contributed by atoms with van der Waals surface area (Å²) in [5, 5.41) is 4.47. The molecule has 0 aliphatic rings. The van der Waals surface area contributed by atoms with Crippen LogP contribution in [0.1, 0.15) is 33.3 Å². The Morgan fingerprint density at radius 3 is 2.62 bits per heavy atom. The number of para-hydroxylation sites is 1. The van der Waals surface area contributed by atoms with Gasteiger partial charge >= 0.3 is 0 Å². The summed E-state index contributed by atoms with van der Waals surface area (Å²) in [6.07, 6.45) is 0. The molecule has 0 aliphatic heterocycles. The van der Waals surface area contributed by atoms with Crippen molar-refractivity contribution in [2.24, 2.45) is 17.1 Å². The molecule has 4 heteroatoms. The molecular formula is C17H23N3S. The fraction of sp³-hybridized carbons (Fsp3) is 0.412. The molecule has 0 fully saturated rings. The Kier molecular flexibility index (Phi) is 4.47. The molecule has 1 aromatic carbocycles. The van der Waals surface area contributed by atoms with E-state index in [1.165, 1.54) is 0 Å². The maximum absolute atomic E-state index is 5.85. The molecular weight excluding hydrogens is 278 g/mol. The number of thiocarbonyl (C=S) groups is 1. The number of pyridine rings is 1. The summed E-state index contributed by atoms with van der Waals surface area (Å²) in [7, 11) is 0. The lowest BCUT2D eigenvalue weighted by atomic mass is 9.82. The van der Waals surface area contributed by atoms with E-state index in [-0.39, 0.29) is 5.41 Å². The van der Waals surface area contributed by atoms with E-state index in [9.17, 15) is 0 Å². The second-order valence-electron chi connectivity index (χ2n) is 6.59. The van der Waals surface area contributed by atoms with Gasteiger partial charge < -0.3 is 11.1 Å². The van der Waals surface area contributed by atoms with Crippen LogP contribution in [0.4, 0.5) is 5.82 Å². The van der Waals surface area contributed by atoms with Crippen molar-refractivity contribution in [3.05, 3.63) is 35.9 Å². The molecule has 21 heavy (non-hydrogen) atoms. The first-order valence-corrected chi connectivity index (χ1v) is 7.63. The first-order valence-electron chi connectivity index (χ1n) is 7.22. The highest BCUT2D eigenvalue weighted by Gasteiger charge is 2.20. The number of aromatic nitrogens is 1. The zero-order valence-corrected chi connectivity index (χ0v) is 13.9. The van der Waals surface area contributed by atoms with Gasteiger partial charge in [0, 0.05) is 11.9 Å². The van der Waals surface area contributed by atoms with E-state index in [2.05, 4.69) is 38.0 Å². The van der Waals surface area contributed by atoms with E-state index in [0.29, 0.717) is 10.9 Å². The van der Waals surface area contributed by atoms with E-state index in [0.717, 1.165) is 28.8 Å². The number of hydrogen-bond donors (Lipinski definition) is 2. The Labute approximate surface area is 132 Å². The largest absolute Gasteiger partial charge is 0.389 e. The van der Waals surface area contributed by atoms with Crippen LogP contribution in [0.25, 0.3) is 10.9 Å². The Bertz CT molecular complexity index is 659. The molecule has 2 aromatic rings. The van der Waals surface area contributed by atoms with Gasteiger partial charge in [-0.05, 0) is 23.5 Å². The van der Waals surface area contributed by atoms with Crippen molar-refractivity contribution in [1.82, 2.24) is 4.98 Å². The fourth-order valence-corrected chi connectivity index (χ4v) is 2.15. The number of fused-ring (bicyclic) bond motifs is 1. The monoisotopic (exact) mass is 301 g/mol. The molecule has 0 bridgehead atoms. The minimum atomic E-state index is 0.243. The quantitative estimate of drug-likeness (QED) is 0.839. The molecule has 0 saturated carbocycles. The molecule has 0 amide bonds. The smallest absolute Gasteiger partial charge is 0.136 e. The van der Waals surface area contributed by atoms with Crippen LogP contribution in [-0.4, -0.2) is 16.5 Å². The third kappa shape index (κ3) is 3.70. The topological polar surface area (TPSA) is 50.9 Å². The predicted molar refractivity (Wildman–Crippen MR) is 94.7 cm³/mol. The maximum atomic E-state index is 5.85. The van der Waals surface area contributed by atoms with Crippen LogP contribution >= 0.6 is 12.2 Å². The van der Waals surface area contributed by atoms with Crippen LogP contribution in [0.2, 0.25) is 0 Å². The SMILES string of the molecule is CC(CNc1nc2ccccc2cc1C(N)=S)C(C)(C)C. The van der Waals surface area contributed by atoms with Gasteiger partial charge in [-0.25, -0.2) is 4.98 Å². The van der Waals surface area contributed by atoms with Crippen molar-refractivity contribution >= 4 is 33.9 Å². The highest BCUT2D eigenvalue weighted by Crippen LogP contribution is 2.26. The molecule has 1 aromatic heterocycles. The number of benzene rings is 1. The Morgan fingerprint density at radius 1 is 1.33 bits per heavy atom. The van der Waals surface area contributed by atoms with E-state index in [1.54, 1.807) is 0 Å². The summed E-state index contributed by atoms with van der Waals surface area (Å²) in [5.74, 6) is 1.28. The number of nitrogens with two attached hydrogens (primary N) is 1. The Morgan fingerprint density at radius 2 is 2.00 bits per heavy atom. The Hall–Kier alpha value is -1.68. The fourth-order valence-electron chi connectivity index (χ4n) is 1.99. The standard InChI is InChI=1S/C17H23N3S/c1-11(17(2,3)4)10-19-16-13(15(18)21)9-12-7-5-6-8-14(12)20-16/h5-9,11H,10H2,1-4H3,(H2,18,21)(H,19,20). The van der Waals surface area contributed by atoms with E-state index < -0.39 is 0 Å². The van der Waals surface area contributed by atoms with Gasteiger partial charge in [0.1, 0.15) is 10.8 Å². The van der Waals surface area contributed by atoms with Gasteiger partial charge in [-0.2, -0.15) is 0 Å². The lowest BCUT2D eigenvalue weighted by molar-refractivity contribution is 0.274. The normalized spacial score (nSPS) is 13.1. The molecule has 0 saturated heterocycles. The van der Waals surface area contributed by atoms with Crippen molar-refractivity contribution in [2.75, 3.05) is 11.9 Å². The van der Waals surface area contributed by atoms with Crippen LogP contribution in [0.3, 0.4) is 0 Å². The summed E-state index contributed by atoms with van der Waals surface area (Å²) in [6.45, 7) is 9.78. The molecule has 3 N–H and O–H groups in total. The molecule has 0 radical (unpaired) electrons. The average molecular weight is 301 g/mol. The third-order valence-corrected chi connectivity index (χ3v) is 4.26. The molecule has 112 valence electrons. The molecule has 1 atom stereocenters. The zero-order valence-electron chi connectivity index (χ0n) is 13.1. The number of rotatable bonds is 4. The van der Waals surface area contributed by atoms with E-state index >= 15 is 0 Å². The van der Waals surface area contributed by atoms with Crippen molar-refractivity contribution in [2.45, 2.75) is 27.7 Å². The molecule has 3 nitrogen and oxygen atoms in total. The van der Waals surface area contributed by atoms with Crippen LogP contribution < -0.4 is 11.1 Å². The minimum absolute atomic E-state index is 0.243. The van der Waals surface area contributed by atoms with Gasteiger partial charge in [-0.15, -0.1) is 0 Å². The van der Waals surface area contributed by atoms with Crippen LogP contribution in [0, 0.1) is 11.3 Å². The first-order chi connectivity index (χ1) is 9.79. The van der Waals surface area contributed by atoms with Crippen molar-refractivity contribution < 1.29 is 0 Å². The summed E-state index contributed by atoms with van der Waals surface area (Å²) in [4.78, 5) is 5.05. The summed E-state index contributed by atoms with van der Waals surface area (Å²) >= 11 is 5.16. The zero-order chi connectivity index (χ0) is 15.6. The maximum Gasteiger partial charge on any atom is 0.136 e. The number of anilines is 1. The highest BCUT2D eigenvalue weighted by atomic mass is 32.1. The summed E-state index contributed by atoms with van der Waals surface area (Å²) < 4.78 is 0. The lowest BCUT2D eigenvalue weighted by Gasteiger charge is -2.27. The van der Waals surface area contributed by atoms with Gasteiger partial charge in [-0.3, -0.25) is 0 Å². The van der Waals surface area contributed by atoms with Gasteiger partial charge in [-0.1, -0.05) is 58.1 Å². The van der Waals surface area contributed by atoms with Crippen LogP contribution in [0.15, 0.2) is 30.3 Å². The second-order valence-corrected chi connectivity index (χ2v) is 7.03. The molecule has 0 aliphatic carbocycles. The van der Waals surface area contributed by atoms with Crippen molar-refractivity contribution in [3.63, 3.8) is 0 Å². The van der Waals surface area contributed by atoms with Crippen LogP contribution in [0.5, 0.6) is 0 Å². The van der Waals surface area contributed by atoms with Gasteiger partial charge in [0.15, 0.2) is 0 Å². The van der Waals surface area contributed by atoms with Crippen molar-refractivity contribution in [1.29, 1.82) is 0 Å². The number of nitrogens with one attached hydrogen (secondary N) is 1. The molecule has 0 spiro atoms. The number of nitrogens with zero attached hydrogens (tertiary/aromatic N) is 1. The summed E-state index contributed by atoms with van der Waals surface area (Å²) in [6, 6.07) is 10.00. The highest BCUT2D eigenvalue weighted by molar-refractivity contribution is 7.80. The van der Waals surface area contributed by atoms with Gasteiger partial charge in [0.05, 0.1) is 11.1 Å². The average Bonchev–Trinajstić information content (AvgIpc) is 2.42.